The lowest BCUT2D eigenvalue weighted by Gasteiger charge is -2.02. The third kappa shape index (κ3) is 2.39. The lowest BCUT2D eigenvalue weighted by molar-refractivity contribution is -0.388. The Labute approximate surface area is 97.2 Å². The third-order valence-corrected chi connectivity index (χ3v) is 2.20. The summed E-state index contributed by atoms with van der Waals surface area (Å²) >= 11 is 0. The lowest BCUT2D eigenvalue weighted by Crippen LogP contribution is -1.98. The van der Waals surface area contributed by atoms with E-state index < -0.39 is 4.92 Å². The molecule has 0 aliphatic rings. The number of rotatable bonds is 4. The summed E-state index contributed by atoms with van der Waals surface area (Å²) in [5, 5.41) is 17.7. The van der Waals surface area contributed by atoms with Crippen molar-refractivity contribution >= 4 is 17.2 Å². The molecule has 0 saturated heterocycles. The minimum absolute atomic E-state index is 0.197. The molecule has 0 atom stereocenters. The molecule has 0 aliphatic carbocycles. The van der Waals surface area contributed by atoms with Crippen LogP contribution in [0.25, 0.3) is 0 Å². The SMILES string of the molecule is CCn1cc(Nc2cccnc2[N+](=O)[O-])cn1. The molecule has 2 rings (SSSR count). The monoisotopic (exact) mass is 233 g/mol. The molecule has 1 N–H and O–H groups in total. The molecule has 0 fully saturated rings. The Bertz CT molecular complexity index is 537. The van der Waals surface area contributed by atoms with Crippen molar-refractivity contribution in [1.82, 2.24) is 14.8 Å². The van der Waals surface area contributed by atoms with Crippen molar-refractivity contribution in [2.45, 2.75) is 13.5 Å². The highest BCUT2D eigenvalue weighted by Crippen LogP contribution is 2.24. The smallest absolute Gasteiger partial charge is 0.358 e. The van der Waals surface area contributed by atoms with Gasteiger partial charge < -0.3 is 15.4 Å². The first-order chi connectivity index (χ1) is 8.20. The number of aromatic nitrogens is 3. The van der Waals surface area contributed by atoms with Crippen LogP contribution in [0.2, 0.25) is 0 Å². The van der Waals surface area contributed by atoms with E-state index in [0.717, 1.165) is 6.54 Å². The Morgan fingerprint density at radius 2 is 2.41 bits per heavy atom. The molecule has 0 radical (unpaired) electrons. The van der Waals surface area contributed by atoms with E-state index in [1.807, 2.05) is 6.92 Å². The van der Waals surface area contributed by atoms with Crippen LogP contribution in [0.5, 0.6) is 0 Å². The minimum Gasteiger partial charge on any atom is -0.358 e. The van der Waals surface area contributed by atoms with Crippen LogP contribution in [0, 0.1) is 10.1 Å². The summed E-state index contributed by atoms with van der Waals surface area (Å²) < 4.78 is 1.73. The van der Waals surface area contributed by atoms with Gasteiger partial charge in [0.1, 0.15) is 11.9 Å². The molecule has 0 amide bonds. The first-order valence-corrected chi connectivity index (χ1v) is 5.09. The van der Waals surface area contributed by atoms with Gasteiger partial charge in [-0.3, -0.25) is 4.68 Å². The van der Waals surface area contributed by atoms with E-state index >= 15 is 0 Å². The summed E-state index contributed by atoms with van der Waals surface area (Å²) in [4.78, 5) is 13.9. The van der Waals surface area contributed by atoms with E-state index in [9.17, 15) is 10.1 Å². The molecule has 0 bridgehead atoms. The Kier molecular flexibility index (Phi) is 2.99. The predicted molar refractivity (Wildman–Crippen MR) is 62.1 cm³/mol. The Morgan fingerprint density at radius 3 is 3.06 bits per heavy atom. The van der Waals surface area contributed by atoms with E-state index in [0.29, 0.717) is 11.4 Å². The van der Waals surface area contributed by atoms with E-state index in [1.165, 1.54) is 6.20 Å². The Balaban J connectivity index is 2.26. The van der Waals surface area contributed by atoms with Crippen LogP contribution in [-0.2, 0) is 6.54 Å². The van der Waals surface area contributed by atoms with Gasteiger partial charge in [-0.05, 0) is 29.0 Å². The molecular weight excluding hydrogens is 222 g/mol. The summed E-state index contributed by atoms with van der Waals surface area (Å²) in [5.74, 6) is -0.197. The Morgan fingerprint density at radius 1 is 1.59 bits per heavy atom. The van der Waals surface area contributed by atoms with Gasteiger partial charge in [0.15, 0.2) is 0 Å². The molecule has 17 heavy (non-hydrogen) atoms. The number of nitro groups is 1. The fourth-order valence-electron chi connectivity index (χ4n) is 1.40. The highest BCUT2D eigenvalue weighted by molar-refractivity contribution is 5.65. The van der Waals surface area contributed by atoms with Gasteiger partial charge in [0.25, 0.3) is 0 Å². The summed E-state index contributed by atoms with van der Waals surface area (Å²) in [5.41, 5.74) is 1.05. The number of nitrogens with zero attached hydrogens (tertiary/aromatic N) is 4. The summed E-state index contributed by atoms with van der Waals surface area (Å²) in [6, 6.07) is 3.24. The van der Waals surface area contributed by atoms with Crippen LogP contribution >= 0.6 is 0 Å². The van der Waals surface area contributed by atoms with Crippen molar-refractivity contribution in [1.29, 1.82) is 0 Å². The topological polar surface area (TPSA) is 85.9 Å². The van der Waals surface area contributed by atoms with Crippen LogP contribution < -0.4 is 5.32 Å². The number of nitrogens with one attached hydrogen (secondary N) is 1. The highest BCUT2D eigenvalue weighted by atomic mass is 16.6. The molecule has 0 aromatic carbocycles. The van der Waals surface area contributed by atoms with E-state index in [1.54, 1.807) is 29.2 Å². The second-order valence-electron chi connectivity index (χ2n) is 3.34. The molecule has 7 nitrogen and oxygen atoms in total. The number of pyridine rings is 1. The molecular formula is C10H11N5O2. The third-order valence-electron chi connectivity index (χ3n) is 2.20. The van der Waals surface area contributed by atoms with Gasteiger partial charge in [-0.2, -0.15) is 5.10 Å². The molecule has 88 valence electrons. The van der Waals surface area contributed by atoms with Gasteiger partial charge in [-0.1, -0.05) is 0 Å². The number of anilines is 2. The maximum atomic E-state index is 10.8. The normalized spacial score (nSPS) is 10.2. The number of aryl methyl sites for hydroxylation is 1. The summed E-state index contributed by atoms with van der Waals surface area (Å²) in [7, 11) is 0. The average Bonchev–Trinajstić information content (AvgIpc) is 2.77. The van der Waals surface area contributed by atoms with Crippen LogP contribution in [0.4, 0.5) is 17.2 Å². The predicted octanol–water partition coefficient (Wildman–Crippen LogP) is 1.95. The van der Waals surface area contributed by atoms with Gasteiger partial charge in [0.05, 0.1) is 11.9 Å². The second kappa shape index (κ2) is 4.60. The van der Waals surface area contributed by atoms with Crippen molar-refractivity contribution in [3.05, 3.63) is 40.8 Å². The minimum atomic E-state index is -0.521. The molecule has 2 aromatic heterocycles. The molecule has 0 spiro atoms. The van der Waals surface area contributed by atoms with Crippen molar-refractivity contribution in [2.24, 2.45) is 0 Å². The quantitative estimate of drug-likeness (QED) is 0.644. The number of hydrogen-bond acceptors (Lipinski definition) is 5. The fourth-order valence-corrected chi connectivity index (χ4v) is 1.40. The van der Waals surface area contributed by atoms with Gasteiger partial charge in [-0.25, -0.2) is 0 Å². The van der Waals surface area contributed by atoms with Crippen molar-refractivity contribution in [3.8, 4) is 0 Å². The molecule has 0 saturated carbocycles. The van der Waals surface area contributed by atoms with E-state index in [2.05, 4.69) is 15.4 Å². The first kappa shape index (κ1) is 11.1. The zero-order chi connectivity index (χ0) is 12.3. The molecule has 0 unspecified atom stereocenters. The average molecular weight is 233 g/mol. The standard InChI is InChI=1S/C10H11N5O2/c1-2-14-7-8(6-12-14)13-9-4-3-5-11-10(9)15(16)17/h3-7,13H,2H2,1H3. The Hall–Kier alpha value is -2.44. The second-order valence-corrected chi connectivity index (χ2v) is 3.34. The highest BCUT2D eigenvalue weighted by Gasteiger charge is 2.14. The van der Waals surface area contributed by atoms with Crippen LogP contribution in [-0.4, -0.2) is 19.7 Å². The molecule has 7 heteroatoms. The first-order valence-electron chi connectivity index (χ1n) is 5.09. The van der Waals surface area contributed by atoms with Gasteiger partial charge >= 0.3 is 5.82 Å². The fraction of sp³-hybridized carbons (Fsp3) is 0.200. The van der Waals surface area contributed by atoms with Crippen LogP contribution in [0.3, 0.4) is 0 Å². The molecule has 2 aromatic rings. The van der Waals surface area contributed by atoms with Crippen LogP contribution in [0.15, 0.2) is 30.7 Å². The van der Waals surface area contributed by atoms with E-state index in [4.69, 9.17) is 0 Å². The van der Waals surface area contributed by atoms with E-state index in [-0.39, 0.29) is 5.82 Å². The van der Waals surface area contributed by atoms with Crippen molar-refractivity contribution in [3.63, 3.8) is 0 Å². The molecule has 2 heterocycles. The van der Waals surface area contributed by atoms with Crippen molar-refractivity contribution < 1.29 is 4.92 Å². The summed E-state index contributed by atoms with van der Waals surface area (Å²) in [6.07, 6.45) is 4.77. The molecule has 0 aliphatic heterocycles. The number of hydrogen-bond donors (Lipinski definition) is 1. The van der Waals surface area contributed by atoms with Crippen molar-refractivity contribution in [2.75, 3.05) is 5.32 Å². The van der Waals surface area contributed by atoms with Gasteiger partial charge in [0, 0.05) is 12.7 Å². The largest absolute Gasteiger partial charge is 0.387 e. The van der Waals surface area contributed by atoms with Gasteiger partial charge in [0.2, 0.25) is 0 Å². The lowest BCUT2D eigenvalue weighted by atomic mass is 10.3. The van der Waals surface area contributed by atoms with Crippen LogP contribution in [0.1, 0.15) is 6.92 Å². The maximum Gasteiger partial charge on any atom is 0.387 e. The summed E-state index contributed by atoms with van der Waals surface area (Å²) in [6.45, 7) is 2.71. The maximum absolute atomic E-state index is 10.8. The zero-order valence-electron chi connectivity index (χ0n) is 9.20. The van der Waals surface area contributed by atoms with Gasteiger partial charge in [-0.15, -0.1) is 0 Å². The zero-order valence-corrected chi connectivity index (χ0v) is 9.20.